The maximum absolute atomic E-state index is 13.7. The highest BCUT2D eigenvalue weighted by atomic mass is 19.1. The van der Waals surface area contributed by atoms with Gasteiger partial charge in [0.25, 0.3) is 0 Å². The Morgan fingerprint density at radius 2 is 2.12 bits per heavy atom. The Hall–Kier alpha value is -1.68. The molecule has 0 aliphatic carbocycles. The minimum atomic E-state index is -0.289. The van der Waals surface area contributed by atoms with Crippen LogP contribution in [0.1, 0.15) is 18.5 Å². The Labute approximate surface area is 93.7 Å². The number of nitrogens with zero attached hydrogens (tertiary/aromatic N) is 2. The first kappa shape index (κ1) is 10.8. The summed E-state index contributed by atoms with van der Waals surface area (Å²) in [5.74, 6) is -0.267. The standard InChI is InChI=1S/C12H14FN3/c1-8(14)11-4-3-9(5-12(11)13)10-6-15-16(2)7-10/h3-8H,14H2,1-2H3. The van der Waals surface area contributed by atoms with E-state index in [-0.39, 0.29) is 11.9 Å². The Kier molecular flexibility index (Phi) is 2.75. The van der Waals surface area contributed by atoms with E-state index in [9.17, 15) is 4.39 Å². The van der Waals surface area contributed by atoms with Crippen molar-refractivity contribution in [2.45, 2.75) is 13.0 Å². The number of nitrogens with two attached hydrogens (primary N) is 1. The van der Waals surface area contributed by atoms with Gasteiger partial charge in [0.05, 0.1) is 6.20 Å². The van der Waals surface area contributed by atoms with Crippen molar-refractivity contribution >= 4 is 0 Å². The average molecular weight is 219 g/mol. The largest absolute Gasteiger partial charge is 0.324 e. The molecule has 0 aliphatic heterocycles. The summed E-state index contributed by atoms with van der Waals surface area (Å²) in [4.78, 5) is 0. The van der Waals surface area contributed by atoms with Crippen LogP contribution >= 0.6 is 0 Å². The van der Waals surface area contributed by atoms with Crippen LogP contribution < -0.4 is 5.73 Å². The highest BCUT2D eigenvalue weighted by molar-refractivity contribution is 5.62. The van der Waals surface area contributed by atoms with Crippen molar-refractivity contribution in [3.05, 3.63) is 42.0 Å². The minimum Gasteiger partial charge on any atom is -0.324 e. The van der Waals surface area contributed by atoms with E-state index in [0.29, 0.717) is 5.56 Å². The molecule has 0 saturated heterocycles. The van der Waals surface area contributed by atoms with Crippen LogP contribution in [0, 0.1) is 5.82 Å². The van der Waals surface area contributed by atoms with Crippen molar-refractivity contribution in [2.75, 3.05) is 0 Å². The summed E-state index contributed by atoms with van der Waals surface area (Å²) in [6.45, 7) is 1.77. The summed E-state index contributed by atoms with van der Waals surface area (Å²) in [5, 5.41) is 4.05. The molecule has 1 unspecified atom stereocenters. The lowest BCUT2D eigenvalue weighted by Gasteiger charge is -2.08. The van der Waals surface area contributed by atoms with Gasteiger partial charge in [-0.05, 0) is 18.6 Å². The van der Waals surface area contributed by atoms with Gasteiger partial charge in [-0.3, -0.25) is 4.68 Å². The van der Waals surface area contributed by atoms with Crippen LogP contribution in [-0.4, -0.2) is 9.78 Å². The van der Waals surface area contributed by atoms with Gasteiger partial charge < -0.3 is 5.73 Å². The molecule has 2 aromatic rings. The molecule has 3 nitrogen and oxygen atoms in total. The molecule has 0 spiro atoms. The number of halogens is 1. The van der Waals surface area contributed by atoms with Gasteiger partial charge >= 0.3 is 0 Å². The van der Waals surface area contributed by atoms with Gasteiger partial charge in [-0.2, -0.15) is 5.10 Å². The van der Waals surface area contributed by atoms with E-state index in [0.717, 1.165) is 11.1 Å². The van der Waals surface area contributed by atoms with Gasteiger partial charge in [0.1, 0.15) is 5.82 Å². The Bertz CT molecular complexity index is 503. The Morgan fingerprint density at radius 3 is 2.62 bits per heavy atom. The Morgan fingerprint density at radius 1 is 1.38 bits per heavy atom. The predicted molar refractivity (Wildman–Crippen MR) is 61.2 cm³/mol. The molecule has 0 bridgehead atoms. The topological polar surface area (TPSA) is 43.8 Å². The lowest BCUT2D eigenvalue weighted by molar-refractivity contribution is 0.594. The number of benzene rings is 1. The van der Waals surface area contributed by atoms with E-state index in [4.69, 9.17) is 5.73 Å². The molecule has 0 aliphatic rings. The third-order valence-corrected chi connectivity index (χ3v) is 2.53. The summed E-state index contributed by atoms with van der Waals surface area (Å²) in [7, 11) is 1.83. The molecule has 1 aromatic carbocycles. The van der Waals surface area contributed by atoms with E-state index in [2.05, 4.69) is 5.10 Å². The second kappa shape index (κ2) is 4.06. The average Bonchev–Trinajstić information content (AvgIpc) is 2.64. The molecule has 0 amide bonds. The lowest BCUT2D eigenvalue weighted by atomic mass is 10.0. The molecule has 1 atom stereocenters. The van der Waals surface area contributed by atoms with Gasteiger partial charge in [-0.1, -0.05) is 12.1 Å². The first-order valence-electron chi connectivity index (χ1n) is 5.12. The molecular formula is C12H14FN3. The summed E-state index contributed by atoms with van der Waals surface area (Å²) in [5.41, 5.74) is 7.90. The molecule has 2 N–H and O–H groups in total. The highest BCUT2D eigenvalue weighted by Crippen LogP contribution is 2.23. The van der Waals surface area contributed by atoms with Gasteiger partial charge in [-0.25, -0.2) is 4.39 Å². The van der Waals surface area contributed by atoms with Crippen molar-refractivity contribution in [1.82, 2.24) is 9.78 Å². The molecule has 84 valence electrons. The number of aromatic nitrogens is 2. The van der Waals surface area contributed by atoms with Crippen molar-refractivity contribution in [1.29, 1.82) is 0 Å². The molecule has 2 rings (SSSR count). The monoisotopic (exact) mass is 219 g/mol. The van der Waals surface area contributed by atoms with Crippen LogP contribution in [0.5, 0.6) is 0 Å². The highest BCUT2D eigenvalue weighted by Gasteiger charge is 2.09. The van der Waals surface area contributed by atoms with Crippen LogP contribution in [0.25, 0.3) is 11.1 Å². The van der Waals surface area contributed by atoms with Crippen molar-refractivity contribution in [2.24, 2.45) is 12.8 Å². The molecule has 16 heavy (non-hydrogen) atoms. The summed E-state index contributed by atoms with van der Waals surface area (Å²) < 4.78 is 15.4. The maximum atomic E-state index is 13.7. The van der Waals surface area contributed by atoms with Crippen LogP contribution in [-0.2, 0) is 7.05 Å². The van der Waals surface area contributed by atoms with Crippen molar-refractivity contribution in [3.63, 3.8) is 0 Å². The zero-order valence-corrected chi connectivity index (χ0v) is 9.31. The molecular weight excluding hydrogens is 205 g/mol. The van der Waals surface area contributed by atoms with Crippen LogP contribution in [0.3, 0.4) is 0 Å². The van der Waals surface area contributed by atoms with Crippen LogP contribution in [0.2, 0.25) is 0 Å². The normalized spacial score (nSPS) is 12.8. The van der Waals surface area contributed by atoms with E-state index in [1.54, 1.807) is 23.9 Å². The lowest BCUT2D eigenvalue weighted by Crippen LogP contribution is -2.07. The number of hydrogen-bond acceptors (Lipinski definition) is 2. The molecule has 1 heterocycles. The fourth-order valence-electron chi connectivity index (χ4n) is 1.65. The van der Waals surface area contributed by atoms with Gasteiger partial charge in [0.15, 0.2) is 0 Å². The van der Waals surface area contributed by atoms with E-state index < -0.39 is 0 Å². The fourth-order valence-corrected chi connectivity index (χ4v) is 1.65. The van der Waals surface area contributed by atoms with Gasteiger partial charge in [0, 0.05) is 30.4 Å². The predicted octanol–water partition coefficient (Wildman–Crippen LogP) is 2.25. The zero-order chi connectivity index (χ0) is 11.7. The van der Waals surface area contributed by atoms with E-state index in [1.807, 2.05) is 19.3 Å². The first-order chi connectivity index (χ1) is 7.58. The third kappa shape index (κ3) is 1.97. The Balaban J connectivity index is 2.42. The fraction of sp³-hybridized carbons (Fsp3) is 0.250. The third-order valence-electron chi connectivity index (χ3n) is 2.53. The molecule has 0 fully saturated rings. The van der Waals surface area contributed by atoms with Crippen molar-refractivity contribution in [3.8, 4) is 11.1 Å². The number of hydrogen-bond donors (Lipinski definition) is 1. The quantitative estimate of drug-likeness (QED) is 0.841. The van der Waals surface area contributed by atoms with Gasteiger partial charge in [0.2, 0.25) is 0 Å². The van der Waals surface area contributed by atoms with Crippen LogP contribution in [0.15, 0.2) is 30.6 Å². The minimum absolute atomic E-state index is 0.267. The molecule has 4 heteroatoms. The zero-order valence-electron chi connectivity index (χ0n) is 9.31. The van der Waals surface area contributed by atoms with Crippen molar-refractivity contribution < 1.29 is 4.39 Å². The second-order valence-electron chi connectivity index (χ2n) is 3.93. The summed E-state index contributed by atoms with van der Waals surface area (Å²) in [6, 6.07) is 4.79. The summed E-state index contributed by atoms with van der Waals surface area (Å²) in [6.07, 6.45) is 3.56. The smallest absolute Gasteiger partial charge is 0.128 e. The van der Waals surface area contributed by atoms with Gasteiger partial charge in [-0.15, -0.1) is 0 Å². The number of aryl methyl sites for hydroxylation is 1. The molecule has 0 radical (unpaired) electrons. The maximum Gasteiger partial charge on any atom is 0.128 e. The molecule has 0 saturated carbocycles. The van der Waals surface area contributed by atoms with E-state index in [1.165, 1.54) is 6.07 Å². The van der Waals surface area contributed by atoms with E-state index >= 15 is 0 Å². The summed E-state index contributed by atoms with van der Waals surface area (Å²) >= 11 is 0. The first-order valence-corrected chi connectivity index (χ1v) is 5.12. The molecule has 1 aromatic heterocycles. The SMILES string of the molecule is CC(N)c1ccc(-c2cnn(C)c2)cc1F. The number of rotatable bonds is 2. The van der Waals surface area contributed by atoms with Crippen LogP contribution in [0.4, 0.5) is 4.39 Å². The second-order valence-corrected chi connectivity index (χ2v) is 3.93.